The van der Waals surface area contributed by atoms with Crippen molar-refractivity contribution >= 4 is 23.9 Å². The number of hydrogen-bond donors (Lipinski definition) is 1. The van der Waals surface area contributed by atoms with E-state index in [1.165, 1.54) is 23.9 Å². The van der Waals surface area contributed by atoms with Gasteiger partial charge < -0.3 is 4.42 Å². The van der Waals surface area contributed by atoms with Gasteiger partial charge in [0.25, 0.3) is 0 Å². The van der Waals surface area contributed by atoms with Crippen LogP contribution in [0.2, 0.25) is 0 Å². The molecule has 0 aliphatic heterocycles. The second-order valence-electron chi connectivity index (χ2n) is 5.66. The highest BCUT2D eigenvalue weighted by atomic mass is 32.2. The fourth-order valence-corrected chi connectivity index (χ4v) is 3.05. The Morgan fingerprint density at radius 2 is 1.85 bits per heavy atom. The van der Waals surface area contributed by atoms with Crippen molar-refractivity contribution < 1.29 is 8.81 Å². The molecule has 0 bridgehead atoms. The molecule has 134 valence electrons. The Balaban J connectivity index is 1.36. The highest BCUT2D eigenvalue weighted by Crippen LogP contribution is 2.24. The van der Waals surface area contributed by atoms with Gasteiger partial charge >= 0.3 is 0 Å². The SMILES string of the molecule is Fc1ccc(-c2cnc(CSc3n[nH]c(/C=C/c4ccccc4)n3)o2)cc1. The molecule has 4 aromatic rings. The van der Waals surface area contributed by atoms with Gasteiger partial charge in [0.05, 0.1) is 11.9 Å². The Morgan fingerprint density at radius 1 is 1.04 bits per heavy atom. The van der Waals surface area contributed by atoms with Gasteiger partial charge in [0.2, 0.25) is 11.0 Å². The topological polar surface area (TPSA) is 67.6 Å². The smallest absolute Gasteiger partial charge is 0.209 e. The number of hydrogen-bond acceptors (Lipinski definition) is 5. The molecule has 5 nitrogen and oxygen atoms in total. The van der Waals surface area contributed by atoms with E-state index in [0.717, 1.165) is 11.1 Å². The van der Waals surface area contributed by atoms with Crippen molar-refractivity contribution in [3.8, 4) is 11.3 Å². The fraction of sp³-hybridized carbons (Fsp3) is 0.0500. The number of rotatable bonds is 6. The second-order valence-corrected chi connectivity index (χ2v) is 6.60. The number of benzene rings is 2. The van der Waals surface area contributed by atoms with Crippen LogP contribution >= 0.6 is 11.8 Å². The maximum absolute atomic E-state index is 13.0. The van der Waals surface area contributed by atoms with Gasteiger partial charge in [-0.1, -0.05) is 48.2 Å². The fourth-order valence-electron chi connectivity index (χ4n) is 2.39. The Labute approximate surface area is 159 Å². The maximum Gasteiger partial charge on any atom is 0.209 e. The zero-order chi connectivity index (χ0) is 18.5. The van der Waals surface area contributed by atoms with E-state index in [9.17, 15) is 4.39 Å². The van der Waals surface area contributed by atoms with Gasteiger partial charge in [-0.2, -0.15) is 0 Å². The van der Waals surface area contributed by atoms with Crippen LogP contribution in [0.1, 0.15) is 17.3 Å². The lowest BCUT2D eigenvalue weighted by molar-refractivity contribution is 0.529. The lowest BCUT2D eigenvalue weighted by atomic mass is 10.2. The van der Waals surface area contributed by atoms with Gasteiger partial charge in [-0.3, -0.25) is 5.10 Å². The molecule has 0 aliphatic carbocycles. The number of thioether (sulfide) groups is 1. The molecular weight excluding hydrogens is 363 g/mol. The van der Waals surface area contributed by atoms with Crippen molar-refractivity contribution in [2.75, 3.05) is 0 Å². The predicted octanol–water partition coefficient (Wildman–Crippen LogP) is 5.06. The van der Waals surface area contributed by atoms with Crippen molar-refractivity contribution in [1.29, 1.82) is 0 Å². The summed E-state index contributed by atoms with van der Waals surface area (Å²) in [5.74, 6) is 2.06. The van der Waals surface area contributed by atoms with Crippen LogP contribution in [0.25, 0.3) is 23.5 Å². The first kappa shape index (κ1) is 17.2. The number of aromatic amines is 1. The summed E-state index contributed by atoms with van der Waals surface area (Å²) in [4.78, 5) is 8.67. The highest BCUT2D eigenvalue weighted by Gasteiger charge is 2.09. The molecule has 0 unspecified atom stereocenters. The van der Waals surface area contributed by atoms with Crippen LogP contribution in [0, 0.1) is 5.82 Å². The lowest BCUT2D eigenvalue weighted by Gasteiger charge is -1.95. The van der Waals surface area contributed by atoms with Crippen molar-refractivity contribution in [1.82, 2.24) is 20.2 Å². The van der Waals surface area contributed by atoms with Crippen LogP contribution in [0.15, 0.2) is 70.4 Å². The maximum atomic E-state index is 13.0. The molecular formula is C20H15FN4OS. The number of H-pyrrole nitrogens is 1. The zero-order valence-corrected chi connectivity index (χ0v) is 15.0. The summed E-state index contributed by atoms with van der Waals surface area (Å²) < 4.78 is 18.7. The summed E-state index contributed by atoms with van der Waals surface area (Å²) in [6, 6.07) is 16.1. The van der Waals surface area contributed by atoms with E-state index >= 15 is 0 Å². The van der Waals surface area contributed by atoms with Crippen LogP contribution in [-0.2, 0) is 5.75 Å². The van der Waals surface area contributed by atoms with Crippen LogP contribution < -0.4 is 0 Å². The first-order valence-corrected chi connectivity index (χ1v) is 9.24. The van der Waals surface area contributed by atoms with E-state index in [0.29, 0.717) is 28.4 Å². The Kier molecular flexibility index (Phi) is 5.11. The number of nitrogens with zero attached hydrogens (tertiary/aromatic N) is 3. The molecule has 27 heavy (non-hydrogen) atoms. The molecule has 0 saturated carbocycles. The molecule has 0 saturated heterocycles. The van der Waals surface area contributed by atoms with Crippen molar-refractivity contribution in [2.45, 2.75) is 10.9 Å². The zero-order valence-electron chi connectivity index (χ0n) is 14.2. The largest absolute Gasteiger partial charge is 0.440 e. The first-order valence-electron chi connectivity index (χ1n) is 8.25. The average molecular weight is 378 g/mol. The Hall–Kier alpha value is -3.19. The van der Waals surface area contributed by atoms with E-state index in [1.54, 1.807) is 18.3 Å². The van der Waals surface area contributed by atoms with Gasteiger partial charge in [0.15, 0.2) is 5.76 Å². The van der Waals surface area contributed by atoms with Crippen LogP contribution in [0.4, 0.5) is 4.39 Å². The first-order chi connectivity index (χ1) is 13.3. The third-order valence-electron chi connectivity index (χ3n) is 3.72. The third kappa shape index (κ3) is 4.51. The third-order valence-corrected chi connectivity index (χ3v) is 4.55. The number of nitrogens with one attached hydrogen (secondary N) is 1. The highest BCUT2D eigenvalue weighted by molar-refractivity contribution is 7.98. The van der Waals surface area contributed by atoms with Gasteiger partial charge in [0, 0.05) is 5.56 Å². The van der Waals surface area contributed by atoms with E-state index in [2.05, 4.69) is 20.2 Å². The number of halogens is 1. The van der Waals surface area contributed by atoms with E-state index in [4.69, 9.17) is 4.42 Å². The summed E-state index contributed by atoms with van der Waals surface area (Å²) in [6.07, 6.45) is 5.48. The average Bonchev–Trinajstić information content (AvgIpc) is 3.36. The minimum absolute atomic E-state index is 0.282. The van der Waals surface area contributed by atoms with E-state index in [-0.39, 0.29) is 5.82 Å². The molecule has 2 heterocycles. The summed E-state index contributed by atoms with van der Waals surface area (Å²) in [5, 5.41) is 7.69. The number of aromatic nitrogens is 4. The summed E-state index contributed by atoms with van der Waals surface area (Å²) in [5.41, 5.74) is 1.88. The van der Waals surface area contributed by atoms with Gasteiger partial charge in [0.1, 0.15) is 11.6 Å². The standard InChI is InChI=1S/C20H15FN4OS/c21-16-9-7-15(8-10-16)17-12-22-19(26-17)13-27-20-23-18(24-25-20)11-6-14-4-2-1-3-5-14/h1-12H,13H2,(H,23,24,25)/b11-6+. The van der Waals surface area contributed by atoms with E-state index < -0.39 is 0 Å². The molecule has 4 rings (SSSR count). The quantitative estimate of drug-likeness (QED) is 0.475. The molecule has 0 fully saturated rings. The molecule has 0 aliphatic rings. The van der Waals surface area contributed by atoms with Gasteiger partial charge in [-0.15, -0.1) is 5.10 Å². The molecule has 0 atom stereocenters. The molecule has 0 radical (unpaired) electrons. The summed E-state index contributed by atoms with van der Waals surface area (Å²) in [7, 11) is 0. The molecule has 1 N–H and O–H groups in total. The predicted molar refractivity (Wildman–Crippen MR) is 103 cm³/mol. The summed E-state index contributed by atoms with van der Waals surface area (Å²) >= 11 is 1.42. The van der Waals surface area contributed by atoms with Gasteiger partial charge in [-0.05, 0) is 35.9 Å². The molecule has 2 aromatic carbocycles. The minimum atomic E-state index is -0.282. The lowest BCUT2D eigenvalue weighted by Crippen LogP contribution is -1.81. The Bertz CT molecular complexity index is 1040. The summed E-state index contributed by atoms with van der Waals surface area (Å²) in [6.45, 7) is 0. The number of oxazole rings is 1. The van der Waals surface area contributed by atoms with Crippen molar-refractivity contribution in [3.63, 3.8) is 0 Å². The van der Waals surface area contributed by atoms with Crippen LogP contribution in [-0.4, -0.2) is 20.2 Å². The molecule has 7 heteroatoms. The van der Waals surface area contributed by atoms with Crippen molar-refractivity contribution in [3.05, 3.63) is 83.9 Å². The normalized spacial score (nSPS) is 11.3. The Morgan fingerprint density at radius 3 is 2.67 bits per heavy atom. The molecule has 0 spiro atoms. The molecule has 0 amide bonds. The van der Waals surface area contributed by atoms with Crippen LogP contribution in [0.5, 0.6) is 0 Å². The molecule has 2 aromatic heterocycles. The second kappa shape index (κ2) is 8.01. The monoisotopic (exact) mass is 378 g/mol. The van der Waals surface area contributed by atoms with Crippen molar-refractivity contribution in [2.24, 2.45) is 0 Å². The van der Waals surface area contributed by atoms with E-state index in [1.807, 2.05) is 42.5 Å². The minimum Gasteiger partial charge on any atom is -0.440 e. The van der Waals surface area contributed by atoms with Gasteiger partial charge in [-0.25, -0.2) is 14.4 Å². The van der Waals surface area contributed by atoms with Crippen LogP contribution in [0.3, 0.4) is 0 Å².